The normalized spacial score (nSPS) is 13.4. The van der Waals surface area contributed by atoms with Crippen LogP contribution in [0.1, 0.15) is 32.8 Å². The van der Waals surface area contributed by atoms with Gasteiger partial charge in [-0.25, -0.2) is 0 Å². The quantitative estimate of drug-likeness (QED) is 0.863. The van der Waals surface area contributed by atoms with E-state index in [4.69, 9.17) is 4.74 Å². The standard InChI is InChI=1S/C19H22N2O3S/c1-24-13-14-2-4-15(5-3-14)19(23)20-9-6-18(22)21-10-7-17-16(12-21)8-11-25-17/h2-5,8,11H,6-7,9-10,12-13H2,1H3,(H,20,23). The number of rotatable bonds is 6. The van der Waals surface area contributed by atoms with Crippen molar-refractivity contribution in [2.45, 2.75) is 26.0 Å². The van der Waals surface area contributed by atoms with Crippen molar-refractivity contribution in [2.24, 2.45) is 0 Å². The van der Waals surface area contributed by atoms with Gasteiger partial charge in [0.1, 0.15) is 0 Å². The number of nitrogens with one attached hydrogen (secondary N) is 1. The highest BCUT2D eigenvalue weighted by Crippen LogP contribution is 2.24. The van der Waals surface area contributed by atoms with Crippen LogP contribution in [0.15, 0.2) is 35.7 Å². The van der Waals surface area contributed by atoms with Crippen LogP contribution in [0.3, 0.4) is 0 Å². The van der Waals surface area contributed by atoms with Crippen molar-refractivity contribution >= 4 is 23.2 Å². The van der Waals surface area contributed by atoms with E-state index >= 15 is 0 Å². The molecule has 1 aromatic carbocycles. The lowest BCUT2D eigenvalue weighted by atomic mass is 10.1. The Morgan fingerprint density at radius 2 is 2.04 bits per heavy atom. The van der Waals surface area contributed by atoms with Crippen LogP contribution < -0.4 is 5.32 Å². The van der Waals surface area contributed by atoms with Crippen LogP contribution in [0.2, 0.25) is 0 Å². The largest absolute Gasteiger partial charge is 0.380 e. The van der Waals surface area contributed by atoms with Crippen LogP contribution in [0.25, 0.3) is 0 Å². The Morgan fingerprint density at radius 1 is 1.24 bits per heavy atom. The molecule has 2 aromatic rings. The molecule has 3 rings (SSSR count). The van der Waals surface area contributed by atoms with Gasteiger partial charge >= 0.3 is 0 Å². The number of carbonyl (C=O) groups excluding carboxylic acids is 2. The summed E-state index contributed by atoms with van der Waals surface area (Å²) in [5, 5.41) is 4.90. The fraction of sp³-hybridized carbons (Fsp3) is 0.368. The van der Waals surface area contributed by atoms with Crippen LogP contribution >= 0.6 is 11.3 Å². The minimum Gasteiger partial charge on any atom is -0.380 e. The maximum absolute atomic E-state index is 12.3. The summed E-state index contributed by atoms with van der Waals surface area (Å²) in [7, 11) is 1.64. The smallest absolute Gasteiger partial charge is 0.251 e. The van der Waals surface area contributed by atoms with Gasteiger partial charge in [-0.15, -0.1) is 11.3 Å². The van der Waals surface area contributed by atoms with Gasteiger partial charge in [-0.2, -0.15) is 0 Å². The summed E-state index contributed by atoms with van der Waals surface area (Å²) in [6.45, 7) is 2.33. The zero-order chi connectivity index (χ0) is 17.6. The fourth-order valence-corrected chi connectivity index (χ4v) is 3.81. The van der Waals surface area contributed by atoms with E-state index in [1.54, 1.807) is 30.6 Å². The van der Waals surface area contributed by atoms with E-state index in [1.807, 2.05) is 17.0 Å². The zero-order valence-corrected chi connectivity index (χ0v) is 15.1. The second kappa shape index (κ2) is 8.27. The third-order valence-electron chi connectivity index (χ3n) is 4.31. The molecule has 1 aromatic heterocycles. The Hall–Kier alpha value is -2.18. The van der Waals surface area contributed by atoms with Gasteiger partial charge in [0.2, 0.25) is 5.91 Å². The minimum absolute atomic E-state index is 0.0904. The number of amides is 2. The average Bonchev–Trinajstić information content (AvgIpc) is 3.10. The predicted octanol–water partition coefficient (Wildman–Crippen LogP) is 2.60. The molecule has 5 nitrogen and oxygen atoms in total. The molecule has 0 spiro atoms. The lowest BCUT2D eigenvalue weighted by Crippen LogP contribution is -2.37. The average molecular weight is 358 g/mol. The van der Waals surface area contributed by atoms with Gasteiger partial charge in [-0.3, -0.25) is 9.59 Å². The Bertz CT molecular complexity index is 739. The van der Waals surface area contributed by atoms with Crippen molar-refractivity contribution < 1.29 is 14.3 Å². The topological polar surface area (TPSA) is 58.6 Å². The van der Waals surface area contributed by atoms with Crippen molar-refractivity contribution in [1.82, 2.24) is 10.2 Å². The second-order valence-electron chi connectivity index (χ2n) is 6.07. The Kier molecular flexibility index (Phi) is 5.83. The molecule has 6 heteroatoms. The van der Waals surface area contributed by atoms with Gasteiger partial charge in [-0.05, 0) is 41.1 Å². The molecule has 0 saturated carbocycles. The molecule has 132 valence electrons. The number of ether oxygens (including phenoxy) is 1. The highest BCUT2D eigenvalue weighted by Gasteiger charge is 2.21. The summed E-state index contributed by atoms with van der Waals surface area (Å²) in [5.41, 5.74) is 2.87. The Labute approximate surface area is 151 Å². The lowest BCUT2D eigenvalue weighted by Gasteiger charge is -2.27. The Morgan fingerprint density at radius 3 is 2.80 bits per heavy atom. The highest BCUT2D eigenvalue weighted by atomic mass is 32.1. The molecule has 25 heavy (non-hydrogen) atoms. The van der Waals surface area contributed by atoms with Gasteiger partial charge < -0.3 is 15.0 Å². The lowest BCUT2D eigenvalue weighted by molar-refractivity contribution is -0.131. The molecule has 0 saturated heterocycles. The second-order valence-corrected chi connectivity index (χ2v) is 7.07. The van der Waals surface area contributed by atoms with Crippen molar-refractivity contribution in [3.63, 3.8) is 0 Å². The third kappa shape index (κ3) is 4.46. The molecular weight excluding hydrogens is 336 g/mol. The van der Waals surface area contributed by atoms with Crippen LogP contribution in [-0.2, 0) is 29.1 Å². The molecule has 0 aliphatic carbocycles. The molecule has 2 amide bonds. The van der Waals surface area contributed by atoms with E-state index in [0.717, 1.165) is 18.5 Å². The number of thiophene rings is 1. The minimum atomic E-state index is -0.157. The van der Waals surface area contributed by atoms with E-state index in [2.05, 4.69) is 16.8 Å². The van der Waals surface area contributed by atoms with Gasteiger partial charge in [0.25, 0.3) is 5.91 Å². The fourth-order valence-electron chi connectivity index (χ4n) is 2.92. The molecule has 0 fully saturated rings. The summed E-state index contributed by atoms with van der Waals surface area (Å²) in [5.74, 6) is -0.0666. The van der Waals surface area contributed by atoms with Gasteiger partial charge in [0.05, 0.1) is 6.61 Å². The van der Waals surface area contributed by atoms with E-state index in [0.29, 0.717) is 31.7 Å². The maximum Gasteiger partial charge on any atom is 0.251 e. The van der Waals surface area contributed by atoms with Crippen molar-refractivity contribution in [3.8, 4) is 0 Å². The summed E-state index contributed by atoms with van der Waals surface area (Å²) in [4.78, 5) is 27.7. The van der Waals surface area contributed by atoms with Crippen LogP contribution in [0.5, 0.6) is 0 Å². The molecule has 0 unspecified atom stereocenters. The summed E-state index contributed by atoms with van der Waals surface area (Å²) in [6.07, 6.45) is 1.26. The first-order valence-electron chi connectivity index (χ1n) is 8.36. The van der Waals surface area contributed by atoms with Gasteiger partial charge in [0, 0.05) is 43.6 Å². The van der Waals surface area contributed by atoms with E-state index in [1.165, 1.54) is 10.4 Å². The number of carbonyl (C=O) groups is 2. The SMILES string of the molecule is COCc1ccc(C(=O)NCCC(=O)N2CCc3sccc3C2)cc1. The molecule has 2 heterocycles. The number of hydrogen-bond donors (Lipinski definition) is 1. The first kappa shape index (κ1) is 17.6. The van der Waals surface area contributed by atoms with Crippen molar-refractivity contribution in [1.29, 1.82) is 0 Å². The van der Waals surface area contributed by atoms with E-state index < -0.39 is 0 Å². The van der Waals surface area contributed by atoms with Gasteiger partial charge in [0.15, 0.2) is 0 Å². The van der Waals surface area contributed by atoms with Crippen LogP contribution in [-0.4, -0.2) is 36.9 Å². The number of fused-ring (bicyclic) bond motifs is 1. The van der Waals surface area contributed by atoms with Crippen LogP contribution in [0, 0.1) is 0 Å². The predicted molar refractivity (Wildman–Crippen MR) is 97.5 cm³/mol. The monoisotopic (exact) mass is 358 g/mol. The molecule has 0 bridgehead atoms. The summed E-state index contributed by atoms with van der Waals surface area (Å²) >= 11 is 1.76. The van der Waals surface area contributed by atoms with Gasteiger partial charge in [-0.1, -0.05) is 12.1 Å². The number of benzene rings is 1. The van der Waals surface area contributed by atoms with Crippen LogP contribution in [0.4, 0.5) is 0 Å². The zero-order valence-electron chi connectivity index (χ0n) is 14.3. The maximum atomic E-state index is 12.3. The molecule has 0 radical (unpaired) electrons. The number of methoxy groups -OCH3 is 1. The third-order valence-corrected chi connectivity index (χ3v) is 5.33. The first-order valence-corrected chi connectivity index (χ1v) is 9.24. The number of nitrogens with zero attached hydrogens (tertiary/aromatic N) is 1. The molecule has 1 aliphatic rings. The first-order chi connectivity index (χ1) is 12.2. The van der Waals surface area contributed by atoms with Crippen molar-refractivity contribution in [3.05, 3.63) is 57.3 Å². The summed E-state index contributed by atoms with van der Waals surface area (Å²) in [6, 6.07) is 9.38. The molecular formula is C19H22N2O3S. The Balaban J connectivity index is 1.44. The number of hydrogen-bond acceptors (Lipinski definition) is 4. The summed E-state index contributed by atoms with van der Waals surface area (Å²) < 4.78 is 5.05. The molecule has 1 aliphatic heterocycles. The van der Waals surface area contributed by atoms with Crippen molar-refractivity contribution in [2.75, 3.05) is 20.2 Å². The highest BCUT2D eigenvalue weighted by molar-refractivity contribution is 7.10. The van der Waals surface area contributed by atoms with E-state index in [-0.39, 0.29) is 11.8 Å². The molecule has 0 atom stereocenters. The molecule has 1 N–H and O–H groups in total. The van der Waals surface area contributed by atoms with E-state index in [9.17, 15) is 9.59 Å².